The van der Waals surface area contributed by atoms with E-state index in [9.17, 15) is 5.11 Å². The molecule has 1 fully saturated rings. The number of phenols is 1. The molecule has 0 spiro atoms. The van der Waals surface area contributed by atoms with Crippen LogP contribution in [-0.2, 0) is 6.54 Å². The van der Waals surface area contributed by atoms with Crippen LogP contribution in [0.4, 0.5) is 0 Å². The van der Waals surface area contributed by atoms with Crippen LogP contribution in [0.1, 0.15) is 18.4 Å². The van der Waals surface area contributed by atoms with Crippen molar-refractivity contribution < 1.29 is 9.84 Å². The SMILES string of the molecule is CN1CCC(Oc2ccccc2-c2nccn2Cc2cccc(O)c2)CC1. The van der Waals surface area contributed by atoms with Crippen LogP contribution in [0.2, 0.25) is 0 Å². The normalized spacial score (nSPS) is 15.7. The summed E-state index contributed by atoms with van der Waals surface area (Å²) in [5.41, 5.74) is 2.03. The van der Waals surface area contributed by atoms with E-state index in [2.05, 4.69) is 27.6 Å². The van der Waals surface area contributed by atoms with Crippen LogP contribution < -0.4 is 4.74 Å². The number of hydrogen-bond acceptors (Lipinski definition) is 4. The van der Waals surface area contributed by atoms with E-state index in [1.54, 1.807) is 12.1 Å². The highest BCUT2D eigenvalue weighted by Gasteiger charge is 2.20. The molecule has 5 heteroatoms. The molecule has 0 radical (unpaired) electrons. The van der Waals surface area contributed by atoms with Crippen LogP contribution in [0.25, 0.3) is 11.4 Å². The Labute approximate surface area is 159 Å². The first-order valence-corrected chi connectivity index (χ1v) is 9.43. The second-order valence-corrected chi connectivity index (χ2v) is 7.17. The molecule has 0 bridgehead atoms. The minimum atomic E-state index is 0.247. The smallest absolute Gasteiger partial charge is 0.143 e. The zero-order chi connectivity index (χ0) is 18.6. The van der Waals surface area contributed by atoms with E-state index in [-0.39, 0.29) is 11.9 Å². The first kappa shape index (κ1) is 17.6. The number of ether oxygens (including phenoxy) is 1. The van der Waals surface area contributed by atoms with E-state index in [1.807, 2.05) is 42.7 Å². The van der Waals surface area contributed by atoms with Crippen molar-refractivity contribution >= 4 is 0 Å². The van der Waals surface area contributed by atoms with Crippen molar-refractivity contribution in [2.24, 2.45) is 0 Å². The first-order chi connectivity index (χ1) is 13.2. The number of rotatable bonds is 5. The maximum absolute atomic E-state index is 9.72. The maximum Gasteiger partial charge on any atom is 0.143 e. The zero-order valence-electron chi connectivity index (χ0n) is 15.6. The average Bonchev–Trinajstić information content (AvgIpc) is 3.12. The Balaban J connectivity index is 1.58. The number of imidazole rings is 1. The molecule has 0 amide bonds. The molecule has 1 aliphatic heterocycles. The Bertz CT molecular complexity index is 898. The number of para-hydroxylation sites is 1. The number of aromatic hydroxyl groups is 1. The molecule has 140 valence electrons. The highest BCUT2D eigenvalue weighted by atomic mass is 16.5. The van der Waals surface area contributed by atoms with Gasteiger partial charge in [0.15, 0.2) is 0 Å². The predicted octanol–water partition coefficient (Wildman–Crippen LogP) is 3.78. The van der Waals surface area contributed by atoms with Crippen LogP contribution >= 0.6 is 0 Å². The second-order valence-electron chi connectivity index (χ2n) is 7.17. The number of benzene rings is 2. The van der Waals surface area contributed by atoms with Crippen LogP contribution in [0.5, 0.6) is 11.5 Å². The molecular formula is C22H25N3O2. The fourth-order valence-corrected chi connectivity index (χ4v) is 3.57. The molecule has 1 aromatic heterocycles. The highest BCUT2D eigenvalue weighted by molar-refractivity contribution is 5.64. The minimum Gasteiger partial charge on any atom is -0.508 e. The van der Waals surface area contributed by atoms with Crippen molar-refractivity contribution in [3.63, 3.8) is 0 Å². The van der Waals surface area contributed by atoms with Crippen molar-refractivity contribution in [2.75, 3.05) is 20.1 Å². The van der Waals surface area contributed by atoms with Crippen LogP contribution in [-0.4, -0.2) is 45.8 Å². The largest absolute Gasteiger partial charge is 0.508 e. The quantitative estimate of drug-likeness (QED) is 0.750. The summed E-state index contributed by atoms with van der Waals surface area (Å²) in [6.45, 7) is 2.78. The number of piperidine rings is 1. The molecule has 2 heterocycles. The minimum absolute atomic E-state index is 0.247. The van der Waals surface area contributed by atoms with Gasteiger partial charge in [0, 0.05) is 32.0 Å². The Morgan fingerprint density at radius 2 is 1.93 bits per heavy atom. The van der Waals surface area contributed by atoms with Gasteiger partial charge in [-0.3, -0.25) is 0 Å². The number of hydrogen-bond donors (Lipinski definition) is 1. The molecule has 0 atom stereocenters. The molecule has 0 aliphatic carbocycles. The van der Waals surface area contributed by atoms with Gasteiger partial charge in [-0.05, 0) is 49.7 Å². The molecule has 1 saturated heterocycles. The summed E-state index contributed by atoms with van der Waals surface area (Å²) in [6.07, 6.45) is 6.11. The van der Waals surface area contributed by atoms with E-state index in [1.165, 1.54) is 0 Å². The Kier molecular flexibility index (Phi) is 5.12. The zero-order valence-corrected chi connectivity index (χ0v) is 15.6. The fourth-order valence-electron chi connectivity index (χ4n) is 3.57. The number of phenolic OH excluding ortho intramolecular Hbond substituents is 1. The number of likely N-dealkylation sites (tertiary alicyclic amines) is 1. The first-order valence-electron chi connectivity index (χ1n) is 9.43. The van der Waals surface area contributed by atoms with Gasteiger partial charge >= 0.3 is 0 Å². The molecule has 0 saturated carbocycles. The molecule has 4 rings (SSSR count). The lowest BCUT2D eigenvalue weighted by molar-refractivity contribution is 0.115. The molecule has 5 nitrogen and oxygen atoms in total. The van der Waals surface area contributed by atoms with Crippen LogP contribution in [0.15, 0.2) is 60.9 Å². The van der Waals surface area contributed by atoms with E-state index in [4.69, 9.17) is 4.74 Å². The Morgan fingerprint density at radius 3 is 2.74 bits per heavy atom. The number of aromatic nitrogens is 2. The fraction of sp³-hybridized carbons (Fsp3) is 0.318. The van der Waals surface area contributed by atoms with E-state index >= 15 is 0 Å². The van der Waals surface area contributed by atoms with Crippen molar-refractivity contribution in [3.05, 3.63) is 66.5 Å². The summed E-state index contributed by atoms with van der Waals surface area (Å²) < 4.78 is 8.45. The second kappa shape index (κ2) is 7.84. The summed E-state index contributed by atoms with van der Waals surface area (Å²) in [7, 11) is 2.16. The lowest BCUT2D eigenvalue weighted by Gasteiger charge is -2.29. The number of nitrogens with zero attached hydrogens (tertiary/aromatic N) is 3. The summed E-state index contributed by atoms with van der Waals surface area (Å²) in [4.78, 5) is 6.92. The Hall–Kier alpha value is -2.79. The lowest BCUT2D eigenvalue weighted by atomic mass is 10.1. The molecule has 0 unspecified atom stereocenters. The van der Waals surface area contributed by atoms with Crippen LogP contribution in [0.3, 0.4) is 0 Å². The van der Waals surface area contributed by atoms with Gasteiger partial charge in [0.05, 0.1) is 5.56 Å². The van der Waals surface area contributed by atoms with Gasteiger partial charge in [0.2, 0.25) is 0 Å². The third-order valence-electron chi connectivity index (χ3n) is 5.07. The van der Waals surface area contributed by atoms with E-state index < -0.39 is 0 Å². The molecule has 3 aromatic rings. The highest BCUT2D eigenvalue weighted by Crippen LogP contribution is 2.31. The standard InChI is InChI=1S/C22H25N3O2/c1-24-12-9-19(10-13-24)27-21-8-3-2-7-20(21)22-23-11-14-25(22)16-17-5-4-6-18(26)15-17/h2-8,11,14-15,19,26H,9-10,12-13,16H2,1H3. The molecule has 27 heavy (non-hydrogen) atoms. The summed E-state index contributed by atoms with van der Waals surface area (Å²) in [5.74, 6) is 2.04. The third kappa shape index (κ3) is 4.14. The van der Waals surface area contributed by atoms with Gasteiger partial charge in [-0.15, -0.1) is 0 Å². The maximum atomic E-state index is 9.72. The monoisotopic (exact) mass is 363 g/mol. The van der Waals surface area contributed by atoms with Gasteiger partial charge in [-0.25, -0.2) is 4.98 Å². The Morgan fingerprint density at radius 1 is 1.11 bits per heavy atom. The third-order valence-corrected chi connectivity index (χ3v) is 5.07. The van der Waals surface area contributed by atoms with Gasteiger partial charge in [-0.1, -0.05) is 24.3 Å². The van der Waals surface area contributed by atoms with Crippen molar-refractivity contribution in [2.45, 2.75) is 25.5 Å². The predicted molar refractivity (Wildman–Crippen MR) is 106 cm³/mol. The van der Waals surface area contributed by atoms with Crippen molar-refractivity contribution in [1.82, 2.24) is 14.5 Å². The lowest BCUT2D eigenvalue weighted by Crippen LogP contribution is -2.35. The van der Waals surface area contributed by atoms with Gasteiger partial charge in [-0.2, -0.15) is 0 Å². The molecular weight excluding hydrogens is 338 g/mol. The van der Waals surface area contributed by atoms with Crippen molar-refractivity contribution in [3.8, 4) is 22.9 Å². The van der Waals surface area contributed by atoms with Gasteiger partial charge in [0.1, 0.15) is 23.4 Å². The van der Waals surface area contributed by atoms with E-state index in [0.29, 0.717) is 6.54 Å². The van der Waals surface area contributed by atoms with Crippen LogP contribution in [0, 0.1) is 0 Å². The van der Waals surface area contributed by atoms with Crippen molar-refractivity contribution in [1.29, 1.82) is 0 Å². The summed E-state index contributed by atoms with van der Waals surface area (Å²) in [6, 6.07) is 15.4. The molecule has 1 N–H and O–H groups in total. The topological polar surface area (TPSA) is 50.5 Å². The summed E-state index contributed by atoms with van der Waals surface area (Å²) >= 11 is 0. The van der Waals surface area contributed by atoms with Gasteiger partial charge < -0.3 is 19.3 Å². The molecule has 1 aliphatic rings. The van der Waals surface area contributed by atoms with E-state index in [0.717, 1.165) is 48.6 Å². The average molecular weight is 363 g/mol. The molecule has 2 aromatic carbocycles. The summed E-state index contributed by atoms with van der Waals surface area (Å²) in [5, 5.41) is 9.72. The van der Waals surface area contributed by atoms with Gasteiger partial charge in [0.25, 0.3) is 0 Å².